The average molecular weight is 404 g/mol. The van der Waals surface area contributed by atoms with Crippen LogP contribution in [0, 0.1) is 5.41 Å². The molecule has 1 heterocycles. The summed E-state index contributed by atoms with van der Waals surface area (Å²) in [5.74, 6) is -0.299. The number of benzene rings is 1. The fourth-order valence-electron chi connectivity index (χ4n) is 2.30. The molecular weight excluding hydrogens is 382 g/mol. The molecule has 23 heavy (non-hydrogen) atoms. The Labute approximate surface area is 146 Å². The first-order valence-electron chi connectivity index (χ1n) is 7.57. The Morgan fingerprint density at radius 3 is 2.17 bits per heavy atom. The van der Waals surface area contributed by atoms with Gasteiger partial charge in [-0.3, -0.25) is 0 Å². The molecule has 0 spiro atoms. The molecule has 0 bridgehead atoms. The van der Waals surface area contributed by atoms with E-state index in [2.05, 4.69) is 15.9 Å². The minimum absolute atomic E-state index is 0.299. The van der Waals surface area contributed by atoms with Gasteiger partial charge < -0.3 is 4.84 Å². The number of carbonyl (C=O) groups is 1. The third-order valence-corrected chi connectivity index (χ3v) is 6.61. The number of rotatable bonds is 3. The van der Waals surface area contributed by atoms with Gasteiger partial charge in [-0.2, -0.15) is 0 Å². The summed E-state index contributed by atoms with van der Waals surface area (Å²) in [5.41, 5.74) is -0.569. The number of nitrogens with zero attached hydrogens (tertiary/aromatic N) is 1. The lowest BCUT2D eigenvalue weighted by Crippen LogP contribution is -2.42. The van der Waals surface area contributed by atoms with Crippen molar-refractivity contribution in [1.82, 2.24) is 5.06 Å². The summed E-state index contributed by atoms with van der Waals surface area (Å²) in [5, 5.41) is 1.13. The number of carbonyl (C=O) groups excluding carboxylic acids is 1. The Morgan fingerprint density at radius 2 is 1.70 bits per heavy atom. The van der Waals surface area contributed by atoms with Gasteiger partial charge in [-0.15, -0.1) is 5.06 Å². The van der Waals surface area contributed by atoms with Gasteiger partial charge in [0.15, 0.2) is 9.84 Å². The maximum absolute atomic E-state index is 12.6. The highest BCUT2D eigenvalue weighted by atomic mass is 79.9. The van der Waals surface area contributed by atoms with E-state index in [-0.39, 0.29) is 5.97 Å². The molecule has 0 unspecified atom stereocenters. The van der Waals surface area contributed by atoms with Gasteiger partial charge in [0.1, 0.15) is 0 Å². The zero-order chi connectivity index (χ0) is 17.3. The van der Waals surface area contributed by atoms with Gasteiger partial charge in [-0.05, 0) is 57.9 Å². The van der Waals surface area contributed by atoms with Gasteiger partial charge in [0.05, 0.1) is 15.6 Å². The Morgan fingerprint density at radius 1 is 1.17 bits per heavy atom. The molecule has 0 aliphatic carbocycles. The Hall–Kier alpha value is -0.920. The summed E-state index contributed by atoms with van der Waals surface area (Å²) in [6.45, 7) is 6.24. The van der Waals surface area contributed by atoms with Crippen molar-refractivity contribution in [2.45, 2.75) is 43.8 Å². The molecule has 0 N–H and O–H groups in total. The first-order valence-corrected chi connectivity index (χ1v) is 9.91. The highest BCUT2D eigenvalue weighted by Crippen LogP contribution is 2.26. The van der Waals surface area contributed by atoms with Crippen LogP contribution in [0.3, 0.4) is 0 Å². The molecule has 1 aromatic carbocycles. The fraction of sp³-hybridized carbons (Fsp3) is 0.562. The molecule has 1 fully saturated rings. The highest BCUT2D eigenvalue weighted by Gasteiger charge is 2.34. The van der Waals surface area contributed by atoms with E-state index in [1.54, 1.807) is 50.1 Å². The van der Waals surface area contributed by atoms with Crippen molar-refractivity contribution in [2.24, 2.45) is 5.41 Å². The molecule has 1 aromatic rings. The summed E-state index contributed by atoms with van der Waals surface area (Å²) >= 11 is 3.30. The number of sulfone groups is 1. The Balaban J connectivity index is 1.98. The van der Waals surface area contributed by atoms with E-state index in [1.807, 2.05) is 0 Å². The molecule has 7 heteroatoms. The number of hydrogen-bond acceptors (Lipinski definition) is 5. The van der Waals surface area contributed by atoms with Crippen LogP contribution in [-0.2, 0) is 19.5 Å². The zero-order valence-electron chi connectivity index (χ0n) is 13.6. The number of piperidine rings is 1. The summed E-state index contributed by atoms with van der Waals surface area (Å²) in [7, 11) is -3.35. The molecule has 0 atom stereocenters. The van der Waals surface area contributed by atoms with Gasteiger partial charge >= 0.3 is 5.97 Å². The Bertz CT molecular complexity index is 656. The molecule has 1 saturated heterocycles. The minimum atomic E-state index is -3.35. The predicted octanol–water partition coefficient (Wildman–Crippen LogP) is 3.19. The number of hydrogen-bond donors (Lipinski definition) is 0. The molecule has 0 aromatic heterocycles. The van der Waals surface area contributed by atoms with Gasteiger partial charge in [0, 0.05) is 17.6 Å². The summed E-state index contributed by atoms with van der Waals surface area (Å²) < 4.78 is 26.1. The van der Waals surface area contributed by atoms with E-state index in [9.17, 15) is 13.2 Å². The summed E-state index contributed by atoms with van der Waals surface area (Å²) in [6, 6.07) is 6.69. The molecular formula is C16H22BrNO4S. The summed E-state index contributed by atoms with van der Waals surface area (Å²) in [4.78, 5) is 17.5. The molecule has 1 aliphatic rings. The van der Waals surface area contributed by atoms with Crippen molar-refractivity contribution in [1.29, 1.82) is 0 Å². The van der Waals surface area contributed by atoms with E-state index in [4.69, 9.17) is 4.84 Å². The summed E-state index contributed by atoms with van der Waals surface area (Å²) in [6.07, 6.45) is 0.908. The second-order valence-corrected chi connectivity index (χ2v) is 9.90. The van der Waals surface area contributed by atoms with Crippen molar-refractivity contribution in [3.8, 4) is 0 Å². The lowest BCUT2D eigenvalue weighted by Gasteiger charge is -2.31. The molecule has 2 rings (SSSR count). The SMILES string of the molecule is CC(C)(C)C(=O)ON1CCC(S(=O)(=O)c2ccc(Br)cc2)CC1. The van der Waals surface area contributed by atoms with Crippen LogP contribution in [0.15, 0.2) is 33.6 Å². The third kappa shape index (κ3) is 4.55. The van der Waals surface area contributed by atoms with E-state index in [0.29, 0.717) is 30.8 Å². The number of hydroxylamine groups is 2. The van der Waals surface area contributed by atoms with Crippen LogP contribution in [-0.4, -0.2) is 37.8 Å². The molecule has 0 amide bonds. The van der Waals surface area contributed by atoms with Crippen molar-refractivity contribution in [2.75, 3.05) is 13.1 Å². The first kappa shape index (κ1) is 18.4. The topological polar surface area (TPSA) is 63.7 Å². The molecule has 0 saturated carbocycles. The van der Waals surface area contributed by atoms with Crippen molar-refractivity contribution in [3.63, 3.8) is 0 Å². The van der Waals surface area contributed by atoms with Crippen LogP contribution in [0.1, 0.15) is 33.6 Å². The van der Waals surface area contributed by atoms with Gasteiger partial charge in [-0.25, -0.2) is 13.2 Å². The minimum Gasteiger partial charge on any atom is -0.367 e. The van der Waals surface area contributed by atoms with Crippen molar-refractivity contribution >= 4 is 31.7 Å². The number of halogens is 1. The van der Waals surface area contributed by atoms with Gasteiger partial charge in [0.25, 0.3) is 0 Å². The standard InChI is InChI=1S/C16H22BrNO4S/c1-16(2,3)15(19)22-18-10-8-14(9-11-18)23(20,21)13-6-4-12(17)5-7-13/h4-7,14H,8-11H2,1-3H3. The van der Waals surface area contributed by atoms with Crippen molar-refractivity contribution < 1.29 is 18.0 Å². The maximum Gasteiger partial charge on any atom is 0.330 e. The predicted molar refractivity (Wildman–Crippen MR) is 91.5 cm³/mol. The zero-order valence-corrected chi connectivity index (χ0v) is 16.0. The highest BCUT2D eigenvalue weighted by molar-refractivity contribution is 9.10. The van der Waals surface area contributed by atoms with Crippen LogP contribution < -0.4 is 0 Å². The maximum atomic E-state index is 12.6. The van der Waals surface area contributed by atoms with E-state index < -0.39 is 20.5 Å². The van der Waals surface area contributed by atoms with Gasteiger partial charge in [0.2, 0.25) is 0 Å². The van der Waals surface area contributed by atoms with Crippen LogP contribution in [0.5, 0.6) is 0 Å². The van der Waals surface area contributed by atoms with Crippen LogP contribution in [0.2, 0.25) is 0 Å². The van der Waals surface area contributed by atoms with Crippen LogP contribution in [0.4, 0.5) is 0 Å². The monoisotopic (exact) mass is 403 g/mol. The Kier molecular flexibility index (Phi) is 5.53. The van der Waals surface area contributed by atoms with E-state index in [0.717, 1.165) is 4.47 Å². The molecule has 0 radical (unpaired) electrons. The van der Waals surface area contributed by atoms with E-state index >= 15 is 0 Å². The lowest BCUT2D eigenvalue weighted by atomic mass is 9.98. The lowest BCUT2D eigenvalue weighted by molar-refractivity contribution is -0.203. The normalized spacial score (nSPS) is 17.9. The van der Waals surface area contributed by atoms with Crippen LogP contribution >= 0.6 is 15.9 Å². The second-order valence-electron chi connectivity index (χ2n) is 6.76. The van der Waals surface area contributed by atoms with Gasteiger partial charge in [-0.1, -0.05) is 15.9 Å². The molecule has 128 valence electrons. The second kappa shape index (κ2) is 6.91. The van der Waals surface area contributed by atoms with E-state index in [1.165, 1.54) is 0 Å². The quantitative estimate of drug-likeness (QED) is 0.774. The average Bonchev–Trinajstić information content (AvgIpc) is 2.47. The molecule has 1 aliphatic heterocycles. The van der Waals surface area contributed by atoms with Crippen LogP contribution in [0.25, 0.3) is 0 Å². The van der Waals surface area contributed by atoms with Crippen molar-refractivity contribution in [3.05, 3.63) is 28.7 Å². The smallest absolute Gasteiger partial charge is 0.330 e. The fourth-order valence-corrected chi connectivity index (χ4v) is 4.30. The largest absolute Gasteiger partial charge is 0.367 e. The molecule has 5 nitrogen and oxygen atoms in total. The third-order valence-electron chi connectivity index (χ3n) is 3.81. The first-order chi connectivity index (χ1) is 10.6.